The van der Waals surface area contributed by atoms with Crippen molar-refractivity contribution in [2.75, 3.05) is 26.7 Å². The highest BCUT2D eigenvalue weighted by Crippen LogP contribution is 2.27. The number of rotatable bonds is 6. The lowest BCUT2D eigenvalue weighted by Crippen LogP contribution is -2.26. The Morgan fingerprint density at radius 2 is 2.24 bits per heavy atom. The van der Waals surface area contributed by atoms with Crippen LogP contribution in [0, 0.1) is 0 Å². The molecular weight excluding hydrogens is 356 g/mol. The lowest BCUT2D eigenvalue weighted by Gasteiger charge is -2.14. The quantitative estimate of drug-likeness (QED) is 0.747. The van der Waals surface area contributed by atoms with Crippen LogP contribution in [0.25, 0.3) is 0 Å². The van der Waals surface area contributed by atoms with E-state index < -0.39 is 10.0 Å². The number of hydrogen-bond donors (Lipinski definition) is 2. The molecule has 1 heterocycles. The fourth-order valence-electron chi connectivity index (χ4n) is 2.14. The molecule has 1 aromatic carbocycles. The Hall–Kier alpha value is -0.890. The van der Waals surface area contributed by atoms with Gasteiger partial charge in [-0.1, -0.05) is 11.6 Å². The monoisotopic (exact) mass is 374 g/mol. The summed E-state index contributed by atoms with van der Waals surface area (Å²) in [6, 6.07) is 4.72. The second-order valence-corrected chi connectivity index (χ2v) is 7.38. The van der Waals surface area contributed by atoms with Gasteiger partial charge in [-0.3, -0.25) is 0 Å². The summed E-state index contributed by atoms with van der Waals surface area (Å²) in [6.45, 7) is 2.25. The van der Waals surface area contributed by atoms with E-state index in [4.69, 9.17) is 4.74 Å². The number of hydrogen-bond acceptors (Lipinski definition) is 4. The molecule has 116 valence electrons. The molecule has 0 atom stereocenters. The third kappa shape index (κ3) is 4.54. The fraction of sp³-hybridized carbons (Fsp3) is 0.429. The molecule has 0 bridgehead atoms. The number of sulfonamides is 1. The van der Waals surface area contributed by atoms with Crippen LogP contribution in [0.4, 0.5) is 0 Å². The van der Waals surface area contributed by atoms with Gasteiger partial charge in [-0.15, -0.1) is 0 Å². The number of nitrogens with one attached hydrogen (secondary N) is 2. The molecule has 0 aliphatic carbocycles. The van der Waals surface area contributed by atoms with Gasteiger partial charge in [0.1, 0.15) is 5.75 Å². The van der Waals surface area contributed by atoms with Gasteiger partial charge in [-0.05, 0) is 53.5 Å². The maximum Gasteiger partial charge on any atom is 0.240 e. The zero-order valence-corrected chi connectivity index (χ0v) is 14.3. The summed E-state index contributed by atoms with van der Waals surface area (Å²) in [7, 11) is -1.95. The first kappa shape index (κ1) is 16.5. The van der Waals surface area contributed by atoms with Gasteiger partial charge in [-0.25, -0.2) is 13.1 Å². The summed E-state index contributed by atoms with van der Waals surface area (Å²) in [5.41, 5.74) is 1.30. The topological polar surface area (TPSA) is 67.4 Å². The second-order valence-electron chi connectivity index (χ2n) is 4.76. The highest BCUT2D eigenvalue weighted by Gasteiger charge is 2.15. The normalized spacial score (nSPS) is 15.6. The molecule has 0 spiro atoms. The van der Waals surface area contributed by atoms with Crippen molar-refractivity contribution in [1.82, 2.24) is 10.0 Å². The molecule has 0 amide bonds. The minimum atomic E-state index is -3.49. The summed E-state index contributed by atoms with van der Waals surface area (Å²) in [5.74, 6) is 0.605. The standard InChI is InChI=1S/C14H19BrN2O3S/c1-20-14-3-2-12(10-13(14)15)21(18,19)17-9-6-11-4-7-16-8-5-11/h2-4,10,16-17H,5-9H2,1H3. The van der Waals surface area contributed by atoms with E-state index in [1.54, 1.807) is 19.2 Å². The third-order valence-corrected chi connectivity index (χ3v) is 5.41. The van der Waals surface area contributed by atoms with Gasteiger partial charge in [0, 0.05) is 13.1 Å². The molecule has 2 N–H and O–H groups in total. The molecule has 0 radical (unpaired) electrons. The van der Waals surface area contributed by atoms with Crippen LogP contribution in [0.3, 0.4) is 0 Å². The minimum absolute atomic E-state index is 0.231. The van der Waals surface area contributed by atoms with Crippen LogP contribution in [0.15, 0.2) is 39.2 Å². The molecule has 1 aromatic rings. The first-order valence-electron chi connectivity index (χ1n) is 6.75. The van der Waals surface area contributed by atoms with E-state index in [1.807, 2.05) is 0 Å². The average Bonchev–Trinajstić information content (AvgIpc) is 2.48. The summed E-state index contributed by atoms with van der Waals surface area (Å²) in [4.78, 5) is 0.231. The van der Waals surface area contributed by atoms with Crippen molar-refractivity contribution in [2.45, 2.75) is 17.7 Å². The van der Waals surface area contributed by atoms with Crippen molar-refractivity contribution >= 4 is 26.0 Å². The lowest BCUT2D eigenvalue weighted by molar-refractivity contribution is 0.411. The number of benzene rings is 1. The van der Waals surface area contributed by atoms with Gasteiger partial charge in [0.15, 0.2) is 0 Å². The Morgan fingerprint density at radius 3 is 2.86 bits per heavy atom. The van der Waals surface area contributed by atoms with E-state index >= 15 is 0 Å². The van der Waals surface area contributed by atoms with Crippen molar-refractivity contribution in [3.05, 3.63) is 34.3 Å². The van der Waals surface area contributed by atoms with E-state index in [0.29, 0.717) is 16.8 Å². The summed E-state index contributed by atoms with van der Waals surface area (Å²) in [6.07, 6.45) is 3.86. The number of methoxy groups -OCH3 is 1. The predicted molar refractivity (Wildman–Crippen MR) is 86.1 cm³/mol. The minimum Gasteiger partial charge on any atom is -0.496 e. The highest BCUT2D eigenvalue weighted by molar-refractivity contribution is 9.10. The van der Waals surface area contributed by atoms with Crippen LogP contribution in [-0.2, 0) is 10.0 Å². The van der Waals surface area contributed by atoms with Gasteiger partial charge < -0.3 is 10.1 Å². The SMILES string of the molecule is COc1ccc(S(=O)(=O)NCCC2=CCNCC2)cc1Br. The van der Waals surface area contributed by atoms with Crippen molar-refractivity contribution in [3.63, 3.8) is 0 Å². The van der Waals surface area contributed by atoms with Crippen molar-refractivity contribution < 1.29 is 13.2 Å². The Balaban J connectivity index is 1.98. The summed E-state index contributed by atoms with van der Waals surface area (Å²) < 4.78 is 32.8. The molecule has 7 heteroatoms. The van der Waals surface area contributed by atoms with Crippen molar-refractivity contribution in [2.24, 2.45) is 0 Å². The molecule has 0 fully saturated rings. The largest absolute Gasteiger partial charge is 0.496 e. The summed E-state index contributed by atoms with van der Waals surface area (Å²) >= 11 is 3.30. The smallest absolute Gasteiger partial charge is 0.240 e. The molecule has 5 nitrogen and oxygen atoms in total. The van der Waals surface area contributed by atoms with Gasteiger partial charge in [0.05, 0.1) is 16.5 Å². The zero-order valence-electron chi connectivity index (χ0n) is 11.9. The van der Waals surface area contributed by atoms with E-state index in [-0.39, 0.29) is 4.90 Å². The van der Waals surface area contributed by atoms with E-state index in [0.717, 1.165) is 25.9 Å². The molecule has 0 unspecified atom stereocenters. The molecular formula is C14H19BrN2O3S. The van der Waals surface area contributed by atoms with Gasteiger partial charge in [0.2, 0.25) is 10.0 Å². The average molecular weight is 375 g/mol. The van der Waals surface area contributed by atoms with Crippen LogP contribution in [0.2, 0.25) is 0 Å². The molecule has 2 rings (SSSR count). The van der Waals surface area contributed by atoms with Crippen LogP contribution < -0.4 is 14.8 Å². The number of halogens is 1. The van der Waals surface area contributed by atoms with Crippen molar-refractivity contribution in [3.8, 4) is 5.75 Å². The summed E-state index contributed by atoms with van der Waals surface area (Å²) in [5, 5.41) is 3.23. The van der Waals surface area contributed by atoms with Crippen LogP contribution in [0.1, 0.15) is 12.8 Å². The maximum atomic E-state index is 12.2. The highest BCUT2D eigenvalue weighted by atomic mass is 79.9. The first-order chi connectivity index (χ1) is 10.0. The lowest BCUT2D eigenvalue weighted by atomic mass is 10.1. The third-order valence-electron chi connectivity index (χ3n) is 3.33. The van der Waals surface area contributed by atoms with Crippen LogP contribution in [0.5, 0.6) is 5.75 Å². The molecule has 1 aliphatic rings. The van der Waals surface area contributed by atoms with E-state index in [1.165, 1.54) is 11.6 Å². The Kier molecular flexibility index (Phi) is 5.80. The number of ether oxygens (including phenoxy) is 1. The van der Waals surface area contributed by atoms with E-state index in [2.05, 4.69) is 32.0 Å². The Bertz CT molecular complexity index is 629. The van der Waals surface area contributed by atoms with Crippen molar-refractivity contribution in [1.29, 1.82) is 0 Å². The Morgan fingerprint density at radius 1 is 1.43 bits per heavy atom. The van der Waals surface area contributed by atoms with E-state index in [9.17, 15) is 8.42 Å². The van der Waals surface area contributed by atoms with Gasteiger partial charge >= 0.3 is 0 Å². The van der Waals surface area contributed by atoms with Crippen LogP contribution in [-0.4, -0.2) is 35.2 Å². The maximum absolute atomic E-state index is 12.2. The van der Waals surface area contributed by atoms with Gasteiger partial charge in [0.25, 0.3) is 0 Å². The van der Waals surface area contributed by atoms with Gasteiger partial charge in [-0.2, -0.15) is 0 Å². The zero-order chi connectivity index (χ0) is 15.3. The molecule has 0 aromatic heterocycles. The Labute approximate surface area is 133 Å². The molecule has 1 aliphatic heterocycles. The second kappa shape index (κ2) is 7.40. The molecule has 0 saturated heterocycles. The molecule has 21 heavy (non-hydrogen) atoms. The predicted octanol–water partition coefficient (Wildman–Crippen LogP) is 2.05. The molecule has 0 saturated carbocycles. The van der Waals surface area contributed by atoms with Crippen LogP contribution >= 0.6 is 15.9 Å². The first-order valence-corrected chi connectivity index (χ1v) is 9.02. The fourth-order valence-corrected chi connectivity index (χ4v) is 3.89.